The van der Waals surface area contributed by atoms with E-state index in [1.54, 1.807) is 18.2 Å². The zero-order valence-electron chi connectivity index (χ0n) is 10.2. The van der Waals surface area contributed by atoms with Crippen molar-refractivity contribution in [2.24, 2.45) is 0 Å². The maximum Gasteiger partial charge on any atom is 0.339 e. The van der Waals surface area contributed by atoms with Gasteiger partial charge < -0.3 is 9.84 Å². The van der Waals surface area contributed by atoms with Gasteiger partial charge in [0.25, 0.3) is 0 Å². The fourth-order valence-electron chi connectivity index (χ4n) is 1.41. The average Bonchev–Trinajstić information content (AvgIpc) is 2.46. The second-order valence-corrected chi connectivity index (χ2v) is 5.89. The molecule has 0 fully saturated rings. The van der Waals surface area contributed by atoms with Gasteiger partial charge in [0.05, 0.1) is 12.7 Å². The van der Waals surface area contributed by atoms with Crippen molar-refractivity contribution in [1.82, 2.24) is 0 Å². The molecule has 5 heteroatoms. The van der Waals surface area contributed by atoms with E-state index >= 15 is 0 Å². The smallest absolute Gasteiger partial charge is 0.339 e. The lowest BCUT2D eigenvalue weighted by Crippen LogP contribution is -2.02. The zero-order chi connectivity index (χ0) is 13.7. The fraction of sp³-hybridized carbons (Fsp3) is 0.0714. The Morgan fingerprint density at radius 2 is 1.74 bits per heavy atom. The third kappa shape index (κ3) is 3.68. The van der Waals surface area contributed by atoms with E-state index in [9.17, 15) is 9.90 Å². The second kappa shape index (κ2) is 6.54. The summed E-state index contributed by atoms with van der Waals surface area (Å²) in [7, 11) is 4.38. The lowest BCUT2D eigenvalue weighted by molar-refractivity contribution is 0.0597. The van der Waals surface area contributed by atoms with Crippen LogP contribution in [0.1, 0.15) is 10.4 Å². The van der Waals surface area contributed by atoms with Crippen LogP contribution in [-0.2, 0) is 4.74 Å². The Hall–Kier alpha value is -1.59. The van der Waals surface area contributed by atoms with Gasteiger partial charge in [-0.1, -0.05) is 33.7 Å². The van der Waals surface area contributed by atoms with E-state index in [4.69, 9.17) is 4.74 Å². The van der Waals surface area contributed by atoms with Crippen molar-refractivity contribution in [2.45, 2.75) is 9.79 Å². The van der Waals surface area contributed by atoms with Crippen LogP contribution in [0.4, 0.5) is 0 Å². The van der Waals surface area contributed by atoms with Crippen molar-refractivity contribution in [1.29, 1.82) is 0 Å². The van der Waals surface area contributed by atoms with Gasteiger partial charge in [0, 0.05) is 9.79 Å². The fourth-order valence-corrected chi connectivity index (χ4v) is 3.55. The number of aromatic hydroxyl groups is 1. The van der Waals surface area contributed by atoms with Gasteiger partial charge in [0.1, 0.15) is 5.75 Å². The highest BCUT2D eigenvalue weighted by Gasteiger charge is 2.11. The first-order valence-electron chi connectivity index (χ1n) is 5.51. The normalized spacial score (nSPS) is 10.2. The lowest BCUT2D eigenvalue weighted by Gasteiger charge is -2.06. The molecule has 3 nitrogen and oxygen atoms in total. The van der Waals surface area contributed by atoms with Crippen molar-refractivity contribution in [3.63, 3.8) is 0 Å². The molecule has 2 aromatic carbocycles. The topological polar surface area (TPSA) is 46.5 Å². The molecule has 0 aliphatic rings. The van der Waals surface area contributed by atoms with Crippen LogP contribution < -0.4 is 0 Å². The van der Waals surface area contributed by atoms with E-state index < -0.39 is 0 Å². The largest absolute Gasteiger partial charge is 0.508 e. The summed E-state index contributed by atoms with van der Waals surface area (Å²) < 4.78 is 4.75. The van der Waals surface area contributed by atoms with E-state index in [1.807, 2.05) is 30.3 Å². The molecule has 0 saturated carbocycles. The molecule has 0 bridgehead atoms. The van der Waals surface area contributed by atoms with Crippen LogP contribution in [0.25, 0.3) is 0 Å². The molecule has 1 N–H and O–H groups in total. The molecule has 0 saturated heterocycles. The minimum absolute atomic E-state index is 0.240. The first-order chi connectivity index (χ1) is 9.20. The quantitative estimate of drug-likeness (QED) is 0.682. The van der Waals surface area contributed by atoms with E-state index in [0.717, 1.165) is 9.79 Å². The van der Waals surface area contributed by atoms with E-state index in [2.05, 4.69) is 0 Å². The van der Waals surface area contributed by atoms with Gasteiger partial charge in [0.15, 0.2) is 0 Å². The highest BCUT2D eigenvalue weighted by molar-refractivity contribution is 8.76. The maximum atomic E-state index is 11.6. The van der Waals surface area contributed by atoms with Gasteiger partial charge >= 0.3 is 5.97 Å². The van der Waals surface area contributed by atoms with Crippen molar-refractivity contribution < 1.29 is 14.6 Å². The molecule has 0 unspecified atom stereocenters. The number of phenolic OH excluding ortho intramolecular Hbond substituents is 1. The monoisotopic (exact) mass is 292 g/mol. The molecule has 2 rings (SSSR count). The number of benzene rings is 2. The molecule has 0 amide bonds. The Balaban J connectivity index is 2.11. The molecule has 0 radical (unpaired) electrons. The summed E-state index contributed by atoms with van der Waals surface area (Å²) in [4.78, 5) is 13.5. The summed E-state index contributed by atoms with van der Waals surface area (Å²) >= 11 is 0. The molecule has 0 atom stereocenters. The Morgan fingerprint density at radius 3 is 2.42 bits per heavy atom. The van der Waals surface area contributed by atoms with Crippen LogP contribution in [0.15, 0.2) is 58.3 Å². The standard InChI is InChI=1S/C14H12O3S2/c1-17-14(16)12-4-2-3-5-13(12)19-18-11-8-6-10(15)7-9-11/h2-9,15H,1H3. The number of ether oxygens (including phenoxy) is 1. The van der Waals surface area contributed by atoms with Crippen molar-refractivity contribution in [3.8, 4) is 5.75 Å². The number of hydrogen-bond donors (Lipinski definition) is 1. The first kappa shape index (κ1) is 13.8. The van der Waals surface area contributed by atoms with Gasteiger partial charge in [-0.05, 0) is 36.4 Å². The molecular formula is C14H12O3S2. The van der Waals surface area contributed by atoms with Crippen molar-refractivity contribution in [3.05, 3.63) is 54.1 Å². The number of rotatable bonds is 4. The highest BCUT2D eigenvalue weighted by Crippen LogP contribution is 2.39. The summed E-state index contributed by atoms with van der Waals surface area (Å²) in [5.74, 6) is -0.0984. The summed E-state index contributed by atoms with van der Waals surface area (Å²) in [5.41, 5.74) is 0.557. The summed E-state index contributed by atoms with van der Waals surface area (Å²) in [5, 5.41) is 9.21. The van der Waals surface area contributed by atoms with Gasteiger partial charge in [-0.2, -0.15) is 0 Å². The number of esters is 1. The van der Waals surface area contributed by atoms with Gasteiger partial charge in [-0.15, -0.1) is 0 Å². The molecule has 0 spiro atoms. The zero-order valence-corrected chi connectivity index (χ0v) is 11.8. The van der Waals surface area contributed by atoms with Gasteiger partial charge in [-0.3, -0.25) is 0 Å². The van der Waals surface area contributed by atoms with Crippen molar-refractivity contribution >= 4 is 27.6 Å². The maximum absolute atomic E-state index is 11.6. The van der Waals surface area contributed by atoms with E-state index in [0.29, 0.717) is 5.56 Å². The van der Waals surface area contributed by atoms with Crippen LogP contribution in [0.5, 0.6) is 5.75 Å². The van der Waals surface area contributed by atoms with Crippen LogP contribution in [0, 0.1) is 0 Å². The van der Waals surface area contributed by atoms with Crippen LogP contribution in [0.3, 0.4) is 0 Å². The summed E-state index contributed by atoms with van der Waals surface area (Å²) in [6, 6.07) is 14.2. The Kier molecular flexibility index (Phi) is 4.76. The molecular weight excluding hydrogens is 280 g/mol. The number of carbonyl (C=O) groups is 1. The number of hydrogen-bond acceptors (Lipinski definition) is 5. The molecule has 98 valence electrons. The highest BCUT2D eigenvalue weighted by atomic mass is 33.1. The van der Waals surface area contributed by atoms with Crippen LogP contribution in [0.2, 0.25) is 0 Å². The average molecular weight is 292 g/mol. The molecule has 0 aliphatic heterocycles. The van der Waals surface area contributed by atoms with Crippen LogP contribution in [-0.4, -0.2) is 18.2 Å². The van der Waals surface area contributed by atoms with Gasteiger partial charge in [-0.25, -0.2) is 4.79 Å². The molecule has 2 aromatic rings. The van der Waals surface area contributed by atoms with Crippen molar-refractivity contribution in [2.75, 3.05) is 7.11 Å². The molecule has 0 aliphatic carbocycles. The Labute approximate surface area is 119 Å². The Bertz CT molecular complexity index is 567. The predicted octanol–water partition coefficient (Wildman–Crippen LogP) is 3.98. The first-order valence-corrected chi connectivity index (χ1v) is 7.66. The molecule has 19 heavy (non-hydrogen) atoms. The minimum atomic E-state index is -0.339. The summed E-state index contributed by atoms with van der Waals surface area (Å²) in [6.07, 6.45) is 0. The SMILES string of the molecule is COC(=O)c1ccccc1SSc1ccc(O)cc1. The second-order valence-electron chi connectivity index (χ2n) is 3.65. The molecule has 0 heterocycles. The van der Waals surface area contributed by atoms with Gasteiger partial charge in [0.2, 0.25) is 0 Å². The van der Waals surface area contributed by atoms with E-state index in [1.165, 1.54) is 28.7 Å². The van der Waals surface area contributed by atoms with E-state index in [-0.39, 0.29) is 11.7 Å². The third-order valence-electron chi connectivity index (χ3n) is 2.36. The van der Waals surface area contributed by atoms with Crippen LogP contribution >= 0.6 is 21.6 Å². The number of phenols is 1. The minimum Gasteiger partial charge on any atom is -0.508 e. The number of methoxy groups -OCH3 is 1. The predicted molar refractivity (Wildman–Crippen MR) is 77.6 cm³/mol. The number of carbonyl (C=O) groups excluding carboxylic acids is 1. The summed E-state index contributed by atoms with van der Waals surface area (Å²) in [6.45, 7) is 0. The Morgan fingerprint density at radius 1 is 1.05 bits per heavy atom. The third-order valence-corrected chi connectivity index (χ3v) is 4.81. The lowest BCUT2D eigenvalue weighted by atomic mass is 10.2. The molecule has 0 aromatic heterocycles.